The van der Waals surface area contributed by atoms with Crippen molar-refractivity contribution in [2.45, 2.75) is 39.7 Å². The Hall–Kier alpha value is -1.06. The summed E-state index contributed by atoms with van der Waals surface area (Å²) in [5.41, 5.74) is 9.45. The molecule has 0 radical (unpaired) electrons. The van der Waals surface area contributed by atoms with Crippen molar-refractivity contribution in [2.24, 2.45) is 11.7 Å². The van der Waals surface area contributed by atoms with Crippen molar-refractivity contribution in [3.8, 4) is 0 Å². The third kappa shape index (κ3) is 4.51. The van der Waals surface area contributed by atoms with Gasteiger partial charge in [-0.1, -0.05) is 24.6 Å². The van der Waals surface area contributed by atoms with Crippen molar-refractivity contribution in [1.29, 1.82) is 0 Å². The molecule has 0 aliphatic heterocycles. The predicted octanol–water partition coefficient (Wildman–Crippen LogP) is 3.55. The predicted molar refractivity (Wildman–Crippen MR) is 78.3 cm³/mol. The van der Waals surface area contributed by atoms with Crippen LogP contribution in [0, 0.1) is 19.8 Å². The van der Waals surface area contributed by atoms with Crippen LogP contribution in [0.3, 0.4) is 0 Å². The molecule has 0 saturated heterocycles. The standard InChI is InChI=1S/C15H22ClNO2/c1-9(6-15(18)19-4)5-14(17)12-7-11(3)13(16)8-10(12)2/h7-9,14H,5-6,17H2,1-4H3. The topological polar surface area (TPSA) is 52.3 Å². The quantitative estimate of drug-likeness (QED) is 0.841. The minimum atomic E-state index is -0.191. The van der Waals surface area contributed by atoms with Crippen molar-refractivity contribution in [3.05, 3.63) is 33.8 Å². The second-order valence-corrected chi connectivity index (χ2v) is 5.59. The third-order valence-electron chi connectivity index (χ3n) is 3.35. The highest BCUT2D eigenvalue weighted by Crippen LogP contribution is 2.28. The van der Waals surface area contributed by atoms with E-state index in [0.29, 0.717) is 6.42 Å². The molecule has 4 heteroatoms. The zero-order chi connectivity index (χ0) is 14.6. The maximum absolute atomic E-state index is 11.2. The van der Waals surface area contributed by atoms with E-state index in [0.717, 1.165) is 28.1 Å². The van der Waals surface area contributed by atoms with Gasteiger partial charge < -0.3 is 10.5 Å². The Morgan fingerprint density at radius 2 is 2.00 bits per heavy atom. The molecule has 2 atom stereocenters. The van der Waals surface area contributed by atoms with E-state index in [-0.39, 0.29) is 17.9 Å². The van der Waals surface area contributed by atoms with Gasteiger partial charge in [-0.2, -0.15) is 0 Å². The zero-order valence-electron chi connectivity index (χ0n) is 12.0. The summed E-state index contributed by atoms with van der Waals surface area (Å²) in [6, 6.07) is 3.89. The summed E-state index contributed by atoms with van der Waals surface area (Å²) >= 11 is 6.08. The molecule has 0 aromatic heterocycles. The summed E-state index contributed by atoms with van der Waals surface area (Å²) in [6.45, 7) is 5.98. The Balaban J connectivity index is 2.75. The maximum atomic E-state index is 11.2. The van der Waals surface area contributed by atoms with E-state index in [1.165, 1.54) is 7.11 Å². The van der Waals surface area contributed by atoms with E-state index in [2.05, 4.69) is 4.74 Å². The van der Waals surface area contributed by atoms with Crippen LogP contribution in [0.15, 0.2) is 12.1 Å². The highest BCUT2D eigenvalue weighted by Gasteiger charge is 2.17. The normalized spacial score (nSPS) is 14.0. The number of rotatable bonds is 5. The van der Waals surface area contributed by atoms with Gasteiger partial charge in [0.25, 0.3) is 0 Å². The second kappa shape index (κ2) is 6.92. The molecule has 0 aliphatic rings. The Morgan fingerprint density at radius 1 is 1.37 bits per heavy atom. The van der Waals surface area contributed by atoms with Crippen LogP contribution in [0.25, 0.3) is 0 Å². The van der Waals surface area contributed by atoms with Gasteiger partial charge in [0.15, 0.2) is 0 Å². The molecule has 1 rings (SSSR count). The van der Waals surface area contributed by atoms with Crippen LogP contribution < -0.4 is 5.73 Å². The number of hydrogen-bond acceptors (Lipinski definition) is 3. The zero-order valence-corrected chi connectivity index (χ0v) is 12.8. The summed E-state index contributed by atoms with van der Waals surface area (Å²) in [5.74, 6) is 0.00143. The summed E-state index contributed by atoms with van der Waals surface area (Å²) in [5, 5.41) is 0.760. The van der Waals surface area contributed by atoms with Crippen LogP contribution in [0.4, 0.5) is 0 Å². The van der Waals surface area contributed by atoms with Gasteiger partial charge >= 0.3 is 5.97 Å². The number of nitrogens with two attached hydrogens (primary N) is 1. The number of carbonyl (C=O) groups is 1. The molecule has 0 fully saturated rings. The molecule has 1 aromatic carbocycles. The van der Waals surface area contributed by atoms with Gasteiger partial charge in [-0.3, -0.25) is 4.79 Å². The Bertz CT molecular complexity index is 460. The molecule has 0 spiro atoms. The fourth-order valence-electron chi connectivity index (χ4n) is 2.21. The minimum Gasteiger partial charge on any atom is -0.469 e. The number of esters is 1. The number of aryl methyl sites for hydroxylation is 2. The van der Waals surface area contributed by atoms with Crippen LogP contribution >= 0.6 is 11.6 Å². The molecule has 3 nitrogen and oxygen atoms in total. The molecule has 19 heavy (non-hydrogen) atoms. The highest BCUT2D eigenvalue weighted by molar-refractivity contribution is 6.31. The third-order valence-corrected chi connectivity index (χ3v) is 3.75. The molecule has 2 unspecified atom stereocenters. The number of hydrogen-bond donors (Lipinski definition) is 1. The average molecular weight is 284 g/mol. The Kier molecular flexibility index (Phi) is 5.83. The summed E-state index contributed by atoms with van der Waals surface area (Å²) in [6.07, 6.45) is 1.15. The first-order valence-electron chi connectivity index (χ1n) is 6.44. The highest BCUT2D eigenvalue weighted by atomic mass is 35.5. The lowest BCUT2D eigenvalue weighted by atomic mass is 9.91. The number of ether oxygens (including phenoxy) is 1. The second-order valence-electron chi connectivity index (χ2n) is 5.19. The fourth-order valence-corrected chi connectivity index (χ4v) is 2.43. The molecular formula is C15H22ClNO2. The van der Waals surface area contributed by atoms with Gasteiger partial charge in [-0.05, 0) is 48.9 Å². The summed E-state index contributed by atoms with van der Waals surface area (Å²) < 4.78 is 4.67. The van der Waals surface area contributed by atoms with E-state index < -0.39 is 0 Å². The lowest BCUT2D eigenvalue weighted by Crippen LogP contribution is -2.17. The van der Waals surface area contributed by atoms with Gasteiger partial charge in [0.05, 0.1) is 7.11 Å². The molecule has 0 amide bonds. The molecule has 1 aromatic rings. The van der Waals surface area contributed by atoms with Gasteiger partial charge in [0.1, 0.15) is 0 Å². The molecule has 106 valence electrons. The van der Waals surface area contributed by atoms with Crippen molar-refractivity contribution in [3.63, 3.8) is 0 Å². The smallest absolute Gasteiger partial charge is 0.305 e. The Labute approximate surface area is 120 Å². The van der Waals surface area contributed by atoms with Crippen molar-refractivity contribution in [2.75, 3.05) is 7.11 Å². The first kappa shape index (κ1) is 16.0. The molecule has 0 heterocycles. The van der Waals surface area contributed by atoms with Crippen molar-refractivity contribution in [1.82, 2.24) is 0 Å². The van der Waals surface area contributed by atoms with E-state index in [1.54, 1.807) is 0 Å². The molecule has 2 N–H and O–H groups in total. The van der Waals surface area contributed by atoms with Crippen LogP contribution in [-0.4, -0.2) is 13.1 Å². The number of methoxy groups -OCH3 is 1. The van der Waals surface area contributed by atoms with Gasteiger partial charge in [0, 0.05) is 17.5 Å². The Morgan fingerprint density at radius 3 is 2.58 bits per heavy atom. The van der Waals surface area contributed by atoms with Crippen molar-refractivity contribution >= 4 is 17.6 Å². The van der Waals surface area contributed by atoms with Crippen LogP contribution in [0.2, 0.25) is 5.02 Å². The monoisotopic (exact) mass is 283 g/mol. The summed E-state index contributed by atoms with van der Waals surface area (Å²) in [7, 11) is 1.40. The largest absolute Gasteiger partial charge is 0.469 e. The number of carbonyl (C=O) groups excluding carboxylic acids is 1. The van der Waals surface area contributed by atoms with Crippen LogP contribution in [-0.2, 0) is 9.53 Å². The lowest BCUT2D eigenvalue weighted by molar-refractivity contribution is -0.141. The number of benzene rings is 1. The lowest BCUT2D eigenvalue weighted by Gasteiger charge is -2.19. The molecule has 0 bridgehead atoms. The minimum absolute atomic E-state index is 0.0874. The van der Waals surface area contributed by atoms with Gasteiger partial charge in [-0.15, -0.1) is 0 Å². The van der Waals surface area contributed by atoms with Gasteiger partial charge in [-0.25, -0.2) is 0 Å². The summed E-state index contributed by atoms with van der Waals surface area (Å²) in [4.78, 5) is 11.2. The number of halogens is 1. The van der Waals surface area contributed by atoms with Crippen molar-refractivity contribution < 1.29 is 9.53 Å². The average Bonchev–Trinajstić information content (AvgIpc) is 2.33. The molecule has 0 saturated carbocycles. The molecular weight excluding hydrogens is 262 g/mol. The van der Waals surface area contributed by atoms with Crippen LogP contribution in [0.5, 0.6) is 0 Å². The first-order chi connectivity index (χ1) is 8.85. The van der Waals surface area contributed by atoms with E-state index in [1.807, 2.05) is 32.9 Å². The first-order valence-corrected chi connectivity index (χ1v) is 6.82. The van der Waals surface area contributed by atoms with Crippen LogP contribution in [0.1, 0.15) is 42.5 Å². The molecule has 0 aliphatic carbocycles. The van der Waals surface area contributed by atoms with E-state index in [9.17, 15) is 4.79 Å². The maximum Gasteiger partial charge on any atom is 0.305 e. The SMILES string of the molecule is COC(=O)CC(C)CC(N)c1cc(C)c(Cl)cc1C. The van der Waals surface area contributed by atoms with Gasteiger partial charge in [0.2, 0.25) is 0 Å². The van der Waals surface area contributed by atoms with E-state index >= 15 is 0 Å². The van der Waals surface area contributed by atoms with E-state index in [4.69, 9.17) is 17.3 Å². The fraction of sp³-hybridized carbons (Fsp3) is 0.533.